The van der Waals surface area contributed by atoms with E-state index < -0.39 is 0 Å². The van der Waals surface area contributed by atoms with E-state index in [0.29, 0.717) is 0 Å². The maximum Gasteiger partial charge on any atom is 0.178 e. The van der Waals surface area contributed by atoms with Crippen molar-refractivity contribution in [3.05, 3.63) is 31.0 Å². The maximum atomic E-state index is 4.39. The molecule has 2 aromatic rings. The fourth-order valence-corrected chi connectivity index (χ4v) is 2.82. The molecule has 1 aliphatic rings. The predicted octanol–water partition coefficient (Wildman–Crippen LogP) is 2.90. The second-order valence-corrected chi connectivity index (χ2v) is 5.72. The van der Waals surface area contributed by atoms with Crippen LogP contribution in [0.5, 0.6) is 0 Å². The third kappa shape index (κ3) is 2.98. The van der Waals surface area contributed by atoms with E-state index in [1.807, 2.05) is 6.07 Å². The fourth-order valence-electron chi connectivity index (χ4n) is 2.82. The Morgan fingerprint density at radius 1 is 1.30 bits per heavy atom. The molecule has 0 bridgehead atoms. The summed E-state index contributed by atoms with van der Waals surface area (Å²) >= 11 is 0. The summed E-state index contributed by atoms with van der Waals surface area (Å²) in [6.45, 7) is 3.37. The number of hydrogen-bond acceptors (Lipinski definition) is 4. The van der Waals surface area contributed by atoms with Gasteiger partial charge < -0.3 is 5.32 Å². The van der Waals surface area contributed by atoms with Crippen LogP contribution in [0.15, 0.2) is 31.0 Å². The summed E-state index contributed by atoms with van der Waals surface area (Å²) in [6, 6.07) is 4.00. The largest absolute Gasteiger partial charge is 0.382 e. The molecule has 2 aromatic heterocycles. The minimum atomic E-state index is 0.773. The van der Waals surface area contributed by atoms with E-state index in [1.54, 1.807) is 17.2 Å². The molecule has 3 rings (SSSR count). The number of hydrogen-bond donors (Lipinski definition) is 1. The van der Waals surface area contributed by atoms with Gasteiger partial charge in [0.25, 0.3) is 0 Å². The topological polar surface area (TPSA) is 55.6 Å². The molecule has 20 heavy (non-hydrogen) atoms. The first-order valence-corrected chi connectivity index (χ1v) is 7.37. The van der Waals surface area contributed by atoms with Crippen LogP contribution >= 0.6 is 0 Å². The molecule has 1 saturated carbocycles. The molecule has 0 aliphatic heterocycles. The highest BCUT2D eigenvalue weighted by molar-refractivity contribution is 5.56. The zero-order chi connectivity index (χ0) is 13.8. The molecule has 2 heterocycles. The third-order valence-electron chi connectivity index (χ3n) is 4.14. The molecule has 0 aromatic carbocycles. The summed E-state index contributed by atoms with van der Waals surface area (Å²) in [5.74, 6) is 2.49. The summed E-state index contributed by atoms with van der Waals surface area (Å²) in [6.07, 6.45) is 10.4. The van der Waals surface area contributed by atoms with E-state index in [4.69, 9.17) is 0 Å². The summed E-state index contributed by atoms with van der Waals surface area (Å²) in [4.78, 5) is 8.38. The lowest BCUT2D eigenvalue weighted by atomic mass is 9.83. The van der Waals surface area contributed by atoms with Gasteiger partial charge in [-0.25, -0.2) is 14.6 Å². The average Bonchev–Trinajstić information content (AvgIpc) is 3.01. The Morgan fingerprint density at radius 3 is 2.90 bits per heavy atom. The van der Waals surface area contributed by atoms with Crippen molar-refractivity contribution in [2.45, 2.75) is 32.6 Å². The van der Waals surface area contributed by atoms with Gasteiger partial charge in [0.2, 0.25) is 0 Å². The van der Waals surface area contributed by atoms with E-state index in [1.165, 1.54) is 32.0 Å². The molecule has 1 aliphatic carbocycles. The van der Waals surface area contributed by atoms with Gasteiger partial charge in [0, 0.05) is 12.7 Å². The van der Waals surface area contributed by atoms with E-state index in [-0.39, 0.29) is 0 Å². The normalized spacial score (nSPS) is 22.6. The summed E-state index contributed by atoms with van der Waals surface area (Å²) in [5.41, 5.74) is 1.02. The molecule has 0 amide bonds. The first-order chi connectivity index (χ1) is 9.83. The van der Waals surface area contributed by atoms with Crippen molar-refractivity contribution in [3.8, 4) is 5.82 Å². The quantitative estimate of drug-likeness (QED) is 0.929. The van der Waals surface area contributed by atoms with Crippen molar-refractivity contribution in [2.24, 2.45) is 11.8 Å². The van der Waals surface area contributed by atoms with Crippen LogP contribution in [-0.4, -0.2) is 26.3 Å². The summed E-state index contributed by atoms with van der Waals surface area (Å²) < 4.78 is 1.70. The van der Waals surface area contributed by atoms with E-state index >= 15 is 0 Å². The predicted molar refractivity (Wildman–Crippen MR) is 78.8 cm³/mol. The Balaban J connectivity index is 1.66. The third-order valence-corrected chi connectivity index (χ3v) is 4.14. The fraction of sp³-hybridized carbons (Fsp3) is 0.533. The van der Waals surface area contributed by atoms with E-state index in [0.717, 1.165) is 29.9 Å². The Kier molecular flexibility index (Phi) is 3.95. The molecule has 0 saturated heterocycles. The lowest BCUT2D eigenvalue weighted by Crippen LogP contribution is -2.21. The van der Waals surface area contributed by atoms with Gasteiger partial charge in [-0.05, 0) is 36.8 Å². The van der Waals surface area contributed by atoms with Crippen molar-refractivity contribution in [3.63, 3.8) is 0 Å². The second kappa shape index (κ2) is 6.03. The highest BCUT2D eigenvalue weighted by atomic mass is 15.3. The van der Waals surface area contributed by atoms with Crippen molar-refractivity contribution >= 4 is 5.69 Å². The average molecular weight is 271 g/mol. The van der Waals surface area contributed by atoms with E-state index in [2.05, 4.69) is 33.4 Å². The molecule has 5 heteroatoms. The van der Waals surface area contributed by atoms with Gasteiger partial charge in [0.15, 0.2) is 5.82 Å². The minimum absolute atomic E-state index is 0.773. The van der Waals surface area contributed by atoms with Crippen LogP contribution in [0.4, 0.5) is 5.69 Å². The second-order valence-electron chi connectivity index (χ2n) is 5.72. The maximum absolute atomic E-state index is 4.39. The summed E-state index contributed by atoms with van der Waals surface area (Å²) in [7, 11) is 0. The van der Waals surface area contributed by atoms with Crippen LogP contribution in [0.3, 0.4) is 0 Å². The standard InChI is InChI=1S/C15H21N5/c1-12-4-6-13(7-5-12)9-18-14-3-2-8-17-15(14)20-11-16-10-19-20/h2-3,8,10-13,18H,4-7,9H2,1H3. The Bertz CT molecular complexity index is 529. The lowest BCUT2D eigenvalue weighted by molar-refractivity contribution is 0.300. The van der Waals surface area contributed by atoms with Crippen molar-refractivity contribution < 1.29 is 0 Å². The van der Waals surface area contributed by atoms with Gasteiger partial charge in [-0.15, -0.1) is 0 Å². The number of nitrogens with zero attached hydrogens (tertiary/aromatic N) is 4. The monoisotopic (exact) mass is 271 g/mol. The number of pyridine rings is 1. The van der Waals surface area contributed by atoms with Gasteiger partial charge in [0.05, 0.1) is 5.69 Å². The highest BCUT2D eigenvalue weighted by Gasteiger charge is 2.18. The van der Waals surface area contributed by atoms with Crippen LogP contribution in [0.1, 0.15) is 32.6 Å². The van der Waals surface area contributed by atoms with Crippen molar-refractivity contribution in [1.82, 2.24) is 19.7 Å². The van der Waals surface area contributed by atoms with Crippen LogP contribution < -0.4 is 5.32 Å². The highest BCUT2D eigenvalue weighted by Crippen LogP contribution is 2.28. The van der Waals surface area contributed by atoms with Gasteiger partial charge in [-0.1, -0.05) is 19.8 Å². The van der Waals surface area contributed by atoms with Gasteiger partial charge in [-0.3, -0.25) is 0 Å². The molecule has 0 spiro atoms. The molecular formula is C15H21N5. The molecule has 0 radical (unpaired) electrons. The Hall–Kier alpha value is -1.91. The Labute approximate surface area is 119 Å². The summed E-state index contributed by atoms with van der Waals surface area (Å²) in [5, 5.41) is 7.69. The van der Waals surface area contributed by atoms with Gasteiger partial charge in [-0.2, -0.15) is 5.10 Å². The van der Waals surface area contributed by atoms with E-state index in [9.17, 15) is 0 Å². The zero-order valence-corrected chi connectivity index (χ0v) is 11.9. The van der Waals surface area contributed by atoms with Crippen molar-refractivity contribution in [1.29, 1.82) is 0 Å². The van der Waals surface area contributed by atoms with Crippen LogP contribution in [0.25, 0.3) is 5.82 Å². The number of anilines is 1. The number of aromatic nitrogens is 4. The smallest absolute Gasteiger partial charge is 0.178 e. The van der Waals surface area contributed by atoms with Crippen LogP contribution in [0, 0.1) is 11.8 Å². The van der Waals surface area contributed by atoms with Crippen LogP contribution in [0.2, 0.25) is 0 Å². The molecule has 0 unspecified atom stereocenters. The first-order valence-electron chi connectivity index (χ1n) is 7.37. The van der Waals surface area contributed by atoms with Crippen molar-refractivity contribution in [2.75, 3.05) is 11.9 Å². The van der Waals surface area contributed by atoms with Crippen LogP contribution in [-0.2, 0) is 0 Å². The SMILES string of the molecule is CC1CCC(CNc2cccnc2-n2cncn2)CC1. The lowest BCUT2D eigenvalue weighted by Gasteiger charge is -2.26. The molecule has 0 atom stereocenters. The molecule has 1 fully saturated rings. The number of rotatable bonds is 4. The molecule has 106 valence electrons. The number of nitrogens with one attached hydrogen (secondary N) is 1. The Morgan fingerprint density at radius 2 is 2.15 bits per heavy atom. The molecular weight excluding hydrogens is 250 g/mol. The molecule has 5 nitrogen and oxygen atoms in total. The van der Waals surface area contributed by atoms with Gasteiger partial charge in [0.1, 0.15) is 12.7 Å². The first kappa shape index (κ1) is 13.1. The molecule has 1 N–H and O–H groups in total. The van der Waals surface area contributed by atoms with Gasteiger partial charge >= 0.3 is 0 Å². The zero-order valence-electron chi connectivity index (χ0n) is 11.9. The minimum Gasteiger partial charge on any atom is -0.382 e.